The molecule has 0 aliphatic heterocycles. The lowest BCUT2D eigenvalue weighted by Gasteiger charge is -2.31. The van der Waals surface area contributed by atoms with E-state index in [2.05, 4.69) is 23.3 Å². The lowest BCUT2D eigenvalue weighted by molar-refractivity contribution is -0.276. The molecule has 0 N–H and O–H groups in total. The van der Waals surface area contributed by atoms with Crippen molar-refractivity contribution in [1.29, 1.82) is 0 Å². The number of hydrogen-bond donors (Lipinski definition) is 0. The first kappa shape index (κ1) is 41.7. The van der Waals surface area contributed by atoms with E-state index >= 15 is 0 Å². The summed E-state index contributed by atoms with van der Waals surface area (Å²) in [6.07, 6.45) is 16.1. The van der Waals surface area contributed by atoms with Gasteiger partial charge in [-0.25, -0.2) is 4.39 Å². The highest BCUT2D eigenvalue weighted by Crippen LogP contribution is 2.42. The number of benzene rings is 2. The maximum absolute atomic E-state index is 13.9. The van der Waals surface area contributed by atoms with Crippen molar-refractivity contribution in [3.05, 3.63) is 59.4 Å². The zero-order valence-electron chi connectivity index (χ0n) is 31.8. The highest BCUT2D eigenvalue weighted by molar-refractivity contribution is 5.32. The van der Waals surface area contributed by atoms with Gasteiger partial charge in [-0.1, -0.05) is 109 Å². The van der Waals surface area contributed by atoms with Gasteiger partial charge in [0.25, 0.3) is 0 Å². The summed E-state index contributed by atoms with van der Waals surface area (Å²) in [7, 11) is 0. The Bertz CT molecular complexity index is 1340. The summed E-state index contributed by atoms with van der Waals surface area (Å²) in [4.78, 5) is 0. The van der Waals surface area contributed by atoms with Crippen LogP contribution in [0.5, 0.6) is 11.5 Å². The molecule has 4 aliphatic rings. The van der Waals surface area contributed by atoms with E-state index < -0.39 is 24.3 Å². The smallest absolute Gasteiger partial charge is 0.406 e. The molecule has 0 spiro atoms. The Morgan fingerprint density at radius 3 is 1.21 bits per heavy atom. The minimum atomic E-state index is -4.86. The fourth-order valence-corrected chi connectivity index (χ4v) is 9.67. The summed E-state index contributed by atoms with van der Waals surface area (Å²) < 4.78 is 95.1. The SMILES string of the molecule is CC1CCC(CCC2CCC(c3ccc(OC(F)(F)F)c(F)c3)CC2)CC1.CC1CCC(CCC2CCC(c3ccc(OC(F)(F)F)cc3)CC2)CC1. The van der Waals surface area contributed by atoms with Crippen molar-refractivity contribution in [1.82, 2.24) is 0 Å². The van der Waals surface area contributed by atoms with Crippen molar-refractivity contribution in [3.8, 4) is 11.5 Å². The fraction of sp³-hybridized carbons (Fsp3) is 0.727. The first-order chi connectivity index (χ1) is 25.2. The molecule has 0 radical (unpaired) electrons. The van der Waals surface area contributed by atoms with Gasteiger partial charge in [0.2, 0.25) is 0 Å². The second-order valence-electron chi connectivity index (χ2n) is 17.2. The zero-order chi connectivity index (χ0) is 38.0. The normalized spacial score (nSPS) is 29.8. The molecular weight excluding hydrogens is 693 g/mol. The van der Waals surface area contributed by atoms with Crippen molar-refractivity contribution >= 4 is 0 Å². The molecule has 2 aromatic rings. The molecule has 2 nitrogen and oxygen atoms in total. The molecule has 4 fully saturated rings. The van der Waals surface area contributed by atoms with Crippen LogP contribution in [-0.4, -0.2) is 12.7 Å². The summed E-state index contributed by atoms with van der Waals surface area (Å²) >= 11 is 0. The molecule has 298 valence electrons. The lowest BCUT2D eigenvalue weighted by Crippen LogP contribution is -2.18. The van der Waals surface area contributed by atoms with Crippen LogP contribution >= 0.6 is 0 Å². The zero-order valence-corrected chi connectivity index (χ0v) is 31.8. The van der Waals surface area contributed by atoms with Gasteiger partial charge in [0, 0.05) is 0 Å². The van der Waals surface area contributed by atoms with Crippen LogP contribution in [0.2, 0.25) is 0 Å². The topological polar surface area (TPSA) is 18.5 Å². The first-order valence-corrected chi connectivity index (χ1v) is 20.6. The van der Waals surface area contributed by atoms with E-state index in [4.69, 9.17) is 0 Å². The Hall–Kier alpha value is -2.45. The van der Waals surface area contributed by atoms with Gasteiger partial charge in [-0.05, 0) is 134 Å². The summed E-state index contributed by atoms with van der Waals surface area (Å²) in [5.41, 5.74) is 1.95. The molecule has 4 saturated carbocycles. The third kappa shape index (κ3) is 14.3. The molecule has 53 heavy (non-hydrogen) atoms. The highest BCUT2D eigenvalue weighted by Gasteiger charge is 2.33. The van der Waals surface area contributed by atoms with E-state index in [9.17, 15) is 30.7 Å². The number of halogens is 7. The second kappa shape index (κ2) is 19.4. The summed E-state index contributed by atoms with van der Waals surface area (Å²) in [5, 5.41) is 0. The highest BCUT2D eigenvalue weighted by atomic mass is 19.4. The molecule has 6 rings (SSSR count). The third-order valence-electron chi connectivity index (χ3n) is 13.2. The molecule has 0 heterocycles. The molecular formula is C44H61F7O2. The van der Waals surface area contributed by atoms with E-state index in [1.807, 2.05) is 0 Å². The Balaban J connectivity index is 0.000000204. The predicted octanol–water partition coefficient (Wildman–Crippen LogP) is 15.1. The third-order valence-corrected chi connectivity index (χ3v) is 13.2. The maximum Gasteiger partial charge on any atom is 0.573 e. The summed E-state index contributed by atoms with van der Waals surface area (Å²) in [6.45, 7) is 4.72. The van der Waals surface area contributed by atoms with E-state index in [-0.39, 0.29) is 11.7 Å². The minimum absolute atomic E-state index is 0.128. The molecule has 0 aromatic heterocycles. The minimum Gasteiger partial charge on any atom is -0.406 e. The molecule has 2 aromatic carbocycles. The molecule has 0 amide bonds. The van der Waals surface area contributed by atoms with Crippen molar-refractivity contribution in [2.24, 2.45) is 35.5 Å². The average Bonchev–Trinajstić information content (AvgIpc) is 3.12. The van der Waals surface area contributed by atoms with Crippen LogP contribution in [0.4, 0.5) is 30.7 Å². The monoisotopic (exact) mass is 754 g/mol. The van der Waals surface area contributed by atoms with Gasteiger partial charge in [0.15, 0.2) is 11.6 Å². The number of ether oxygens (including phenoxy) is 2. The van der Waals surface area contributed by atoms with Crippen LogP contribution in [0.25, 0.3) is 0 Å². The fourth-order valence-electron chi connectivity index (χ4n) is 9.67. The van der Waals surface area contributed by atoms with Gasteiger partial charge >= 0.3 is 12.7 Å². The summed E-state index contributed by atoms with van der Waals surface area (Å²) in [5.74, 6) is 4.18. The van der Waals surface area contributed by atoms with Crippen molar-refractivity contribution in [2.45, 2.75) is 167 Å². The number of rotatable bonds is 10. The van der Waals surface area contributed by atoms with Gasteiger partial charge in [0.05, 0.1) is 0 Å². The van der Waals surface area contributed by atoms with Crippen LogP contribution in [0.1, 0.15) is 165 Å². The van der Waals surface area contributed by atoms with E-state index in [1.165, 1.54) is 108 Å². The van der Waals surface area contributed by atoms with E-state index in [0.717, 1.165) is 91.2 Å². The van der Waals surface area contributed by atoms with Crippen LogP contribution in [0.15, 0.2) is 42.5 Å². The van der Waals surface area contributed by atoms with Gasteiger partial charge in [-0.15, -0.1) is 26.3 Å². The summed E-state index contributed by atoms with van der Waals surface area (Å²) in [6, 6.07) is 10.4. The Labute approximate surface area is 313 Å². The van der Waals surface area contributed by atoms with Crippen LogP contribution < -0.4 is 9.47 Å². The van der Waals surface area contributed by atoms with Crippen LogP contribution in [-0.2, 0) is 0 Å². The molecule has 0 saturated heterocycles. The van der Waals surface area contributed by atoms with Crippen LogP contribution in [0.3, 0.4) is 0 Å². The molecule has 4 aliphatic carbocycles. The molecule has 0 bridgehead atoms. The Morgan fingerprint density at radius 1 is 0.472 bits per heavy atom. The van der Waals surface area contributed by atoms with Crippen molar-refractivity contribution in [3.63, 3.8) is 0 Å². The average molecular weight is 755 g/mol. The van der Waals surface area contributed by atoms with Gasteiger partial charge in [-0.3, -0.25) is 0 Å². The number of hydrogen-bond acceptors (Lipinski definition) is 2. The standard InChI is InChI=1S/C22H30F4O.C22H31F3O/c1-15-2-4-16(5-3-15)6-7-17-8-10-18(11-9-17)19-12-13-21(20(23)14-19)27-22(24,25)26;1-16-2-4-17(5-3-16)6-7-18-8-10-19(11-9-18)20-12-14-21(15-13-20)26-22(23,24)25/h12-18H,2-11H2,1H3;12-19H,2-11H2,1H3. The molecule has 0 atom stereocenters. The van der Waals surface area contributed by atoms with E-state index in [0.29, 0.717) is 5.92 Å². The molecule has 9 heteroatoms. The largest absolute Gasteiger partial charge is 0.573 e. The Morgan fingerprint density at radius 2 is 0.830 bits per heavy atom. The lowest BCUT2D eigenvalue weighted by atomic mass is 9.74. The van der Waals surface area contributed by atoms with Gasteiger partial charge in [0.1, 0.15) is 5.75 Å². The second-order valence-corrected chi connectivity index (χ2v) is 17.2. The van der Waals surface area contributed by atoms with Crippen LogP contribution in [0, 0.1) is 41.3 Å². The maximum atomic E-state index is 13.9. The van der Waals surface area contributed by atoms with Gasteiger partial charge in [-0.2, -0.15) is 0 Å². The molecule has 0 unspecified atom stereocenters. The Kier molecular flexibility index (Phi) is 15.3. The van der Waals surface area contributed by atoms with Gasteiger partial charge < -0.3 is 9.47 Å². The quantitative estimate of drug-likeness (QED) is 0.225. The van der Waals surface area contributed by atoms with Crippen molar-refractivity contribution < 1.29 is 40.2 Å². The van der Waals surface area contributed by atoms with Crippen molar-refractivity contribution in [2.75, 3.05) is 0 Å². The predicted molar refractivity (Wildman–Crippen MR) is 196 cm³/mol. The number of alkyl halides is 6. The first-order valence-electron chi connectivity index (χ1n) is 20.6. The van der Waals surface area contributed by atoms with E-state index in [1.54, 1.807) is 18.2 Å².